The lowest BCUT2D eigenvalue weighted by molar-refractivity contribution is 0.191. The van der Waals surface area contributed by atoms with Crippen LogP contribution in [0.5, 0.6) is 0 Å². The molecule has 0 spiro atoms. The van der Waals surface area contributed by atoms with Crippen molar-refractivity contribution < 1.29 is 5.11 Å². The minimum atomic E-state index is -0.560. The molecule has 0 aliphatic carbocycles. The first-order valence-corrected chi connectivity index (χ1v) is 7.52. The van der Waals surface area contributed by atoms with Gasteiger partial charge in [-0.05, 0) is 34.7 Å². The van der Waals surface area contributed by atoms with E-state index in [9.17, 15) is 5.11 Å². The molecule has 112 valence electrons. The Morgan fingerprint density at radius 2 is 1.67 bits per heavy atom. The van der Waals surface area contributed by atoms with Gasteiger partial charge in [0, 0.05) is 17.3 Å². The van der Waals surface area contributed by atoms with Gasteiger partial charge in [-0.15, -0.1) is 0 Å². The number of rotatable bonds is 4. The second-order valence-electron chi connectivity index (χ2n) is 6.24. The van der Waals surface area contributed by atoms with Crippen LogP contribution in [0.2, 0.25) is 5.02 Å². The molecule has 0 heterocycles. The number of para-hydroxylation sites is 1. The molecule has 21 heavy (non-hydrogen) atoms. The summed E-state index contributed by atoms with van der Waals surface area (Å²) < 4.78 is 0. The fourth-order valence-electron chi connectivity index (χ4n) is 2.30. The van der Waals surface area contributed by atoms with Crippen LogP contribution in [0.1, 0.15) is 38.0 Å². The first kappa shape index (κ1) is 15.9. The molecule has 0 amide bonds. The van der Waals surface area contributed by atoms with Crippen molar-refractivity contribution in [2.75, 3.05) is 11.9 Å². The van der Waals surface area contributed by atoms with Crippen LogP contribution in [0.15, 0.2) is 48.5 Å². The predicted molar refractivity (Wildman–Crippen MR) is 90.0 cm³/mol. The fraction of sp³-hybridized carbons (Fsp3) is 0.333. The molecule has 2 N–H and O–H groups in total. The van der Waals surface area contributed by atoms with Gasteiger partial charge in [0.1, 0.15) is 0 Å². The zero-order chi connectivity index (χ0) is 15.5. The van der Waals surface area contributed by atoms with E-state index in [4.69, 9.17) is 11.6 Å². The van der Waals surface area contributed by atoms with Crippen LogP contribution >= 0.6 is 11.6 Å². The van der Waals surface area contributed by atoms with Crippen LogP contribution in [0.4, 0.5) is 5.69 Å². The molecule has 0 aromatic heterocycles. The molecular weight excluding hydrogens is 282 g/mol. The standard InChI is InChI=1S/C18H22ClNO/c1-18(2,3)15-6-4-5-7-16(15)20-12-17(21)13-8-10-14(19)11-9-13/h4-11,17,20-21H,12H2,1-3H3. The van der Waals surface area contributed by atoms with Gasteiger partial charge in [-0.3, -0.25) is 0 Å². The summed E-state index contributed by atoms with van der Waals surface area (Å²) in [6, 6.07) is 15.5. The van der Waals surface area contributed by atoms with Gasteiger partial charge in [-0.25, -0.2) is 0 Å². The predicted octanol–water partition coefficient (Wildman–Crippen LogP) is 4.78. The Labute approximate surface area is 131 Å². The number of anilines is 1. The van der Waals surface area contributed by atoms with Gasteiger partial charge in [0.05, 0.1) is 6.10 Å². The molecule has 0 saturated carbocycles. The number of hydrogen-bond acceptors (Lipinski definition) is 2. The molecule has 2 rings (SSSR count). The van der Waals surface area contributed by atoms with Crippen LogP contribution in [0.25, 0.3) is 0 Å². The number of nitrogens with one attached hydrogen (secondary N) is 1. The summed E-state index contributed by atoms with van der Waals surface area (Å²) in [5.74, 6) is 0. The maximum atomic E-state index is 10.3. The molecular formula is C18H22ClNO. The normalized spacial score (nSPS) is 13.0. The van der Waals surface area contributed by atoms with E-state index in [1.807, 2.05) is 24.3 Å². The van der Waals surface area contributed by atoms with E-state index >= 15 is 0 Å². The van der Waals surface area contributed by atoms with E-state index in [2.05, 4.69) is 38.2 Å². The lowest BCUT2D eigenvalue weighted by Crippen LogP contribution is -2.18. The van der Waals surface area contributed by atoms with Gasteiger partial charge in [0.2, 0.25) is 0 Å². The number of benzene rings is 2. The Balaban J connectivity index is 2.08. The van der Waals surface area contributed by atoms with Gasteiger partial charge in [-0.1, -0.05) is 62.7 Å². The second kappa shape index (κ2) is 6.50. The summed E-state index contributed by atoms with van der Waals surface area (Å²) in [5, 5.41) is 14.3. The van der Waals surface area contributed by atoms with Crippen molar-refractivity contribution >= 4 is 17.3 Å². The average molecular weight is 304 g/mol. The molecule has 0 fully saturated rings. The molecule has 0 saturated heterocycles. The molecule has 0 bridgehead atoms. The summed E-state index contributed by atoms with van der Waals surface area (Å²) in [6.07, 6.45) is -0.560. The summed E-state index contributed by atoms with van der Waals surface area (Å²) in [5.41, 5.74) is 3.24. The van der Waals surface area contributed by atoms with Crippen molar-refractivity contribution in [3.05, 3.63) is 64.7 Å². The maximum absolute atomic E-state index is 10.3. The van der Waals surface area contributed by atoms with Crippen LogP contribution in [-0.4, -0.2) is 11.7 Å². The molecule has 1 atom stereocenters. The quantitative estimate of drug-likeness (QED) is 0.851. The number of aliphatic hydroxyl groups excluding tert-OH is 1. The van der Waals surface area contributed by atoms with Crippen molar-refractivity contribution in [2.24, 2.45) is 0 Å². The van der Waals surface area contributed by atoms with Gasteiger partial charge >= 0.3 is 0 Å². The number of hydrogen-bond donors (Lipinski definition) is 2. The van der Waals surface area contributed by atoms with Crippen molar-refractivity contribution in [1.82, 2.24) is 0 Å². The van der Waals surface area contributed by atoms with Gasteiger partial charge in [-0.2, -0.15) is 0 Å². The monoisotopic (exact) mass is 303 g/mol. The topological polar surface area (TPSA) is 32.3 Å². The van der Waals surface area contributed by atoms with Crippen LogP contribution < -0.4 is 5.32 Å². The van der Waals surface area contributed by atoms with E-state index in [0.717, 1.165) is 11.3 Å². The van der Waals surface area contributed by atoms with Crippen LogP contribution in [0, 0.1) is 0 Å². The molecule has 2 nitrogen and oxygen atoms in total. The van der Waals surface area contributed by atoms with E-state index in [1.165, 1.54) is 5.56 Å². The van der Waals surface area contributed by atoms with E-state index in [0.29, 0.717) is 11.6 Å². The molecule has 3 heteroatoms. The van der Waals surface area contributed by atoms with Crippen LogP contribution in [-0.2, 0) is 5.41 Å². The van der Waals surface area contributed by atoms with Crippen molar-refractivity contribution in [3.8, 4) is 0 Å². The zero-order valence-corrected chi connectivity index (χ0v) is 13.5. The Kier molecular flexibility index (Phi) is 4.92. The highest BCUT2D eigenvalue weighted by Gasteiger charge is 2.17. The van der Waals surface area contributed by atoms with Gasteiger partial charge in [0.25, 0.3) is 0 Å². The lowest BCUT2D eigenvalue weighted by atomic mass is 9.86. The third-order valence-electron chi connectivity index (χ3n) is 3.48. The third-order valence-corrected chi connectivity index (χ3v) is 3.73. The molecule has 0 radical (unpaired) electrons. The first-order chi connectivity index (χ1) is 9.88. The first-order valence-electron chi connectivity index (χ1n) is 7.15. The summed E-state index contributed by atoms with van der Waals surface area (Å²) >= 11 is 5.86. The average Bonchev–Trinajstić information content (AvgIpc) is 2.45. The Bertz CT molecular complexity index is 587. The lowest BCUT2D eigenvalue weighted by Gasteiger charge is -2.24. The summed E-state index contributed by atoms with van der Waals surface area (Å²) in [4.78, 5) is 0. The van der Waals surface area contributed by atoms with E-state index in [1.54, 1.807) is 12.1 Å². The molecule has 0 aliphatic heterocycles. The second-order valence-corrected chi connectivity index (χ2v) is 6.68. The molecule has 2 aromatic rings. The van der Waals surface area contributed by atoms with Crippen molar-refractivity contribution in [2.45, 2.75) is 32.3 Å². The van der Waals surface area contributed by atoms with Gasteiger partial charge in [0.15, 0.2) is 0 Å². The SMILES string of the molecule is CC(C)(C)c1ccccc1NCC(O)c1ccc(Cl)cc1. The summed E-state index contributed by atoms with van der Waals surface area (Å²) in [6.45, 7) is 7.02. The minimum Gasteiger partial charge on any atom is -0.387 e. The number of aliphatic hydroxyl groups is 1. The van der Waals surface area contributed by atoms with E-state index < -0.39 is 6.10 Å². The maximum Gasteiger partial charge on any atom is 0.0962 e. The highest BCUT2D eigenvalue weighted by molar-refractivity contribution is 6.30. The largest absolute Gasteiger partial charge is 0.387 e. The Morgan fingerprint density at radius 1 is 1.05 bits per heavy atom. The van der Waals surface area contributed by atoms with Gasteiger partial charge < -0.3 is 10.4 Å². The Hall–Kier alpha value is -1.51. The molecule has 1 unspecified atom stereocenters. The van der Waals surface area contributed by atoms with E-state index in [-0.39, 0.29) is 5.41 Å². The van der Waals surface area contributed by atoms with Crippen molar-refractivity contribution in [1.29, 1.82) is 0 Å². The molecule has 2 aromatic carbocycles. The highest BCUT2D eigenvalue weighted by atomic mass is 35.5. The molecule has 0 aliphatic rings. The van der Waals surface area contributed by atoms with Crippen LogP contribution in [0.3, 0.4) is 0 Å². The number of halogens is 1. The third kappa shape index (κ3) is 4.23. The van der Waals surface area contributed by atoms with Crippen molar-refractivity contribution in [3.63, 3.8) is 0 Å². The smallest absolute Gasteiger partial charge is 0.0962 e. The fourth-order valence-corrected chi connectivity index (χ4v) is 2.43. The summed E-state index contributed by atoms with van der Waals surface area (Å²) in [7, 11) is 0. The zero-order valence-electron chi connectivity index (χ0n) is 12.7. The highest BCUT2D eigenvalue weighted by Crippen LogP contribution is 2.29. The minimum absolute atomic E-state index is 0.0643. The Morgan fingerprint density at radius 3 is 2.29 bits per heavy atom.